The molecule has 0 aliphatic heterocycles. The molecule has 1 heterocycles. The fourth-order valence-corrected chi connectivity index (χ4v) is 3.02. The number of hydrogen-bond acceptors (Lipinski definition) is 6. The molecule has 1 N–H and O–H groups in total. The van der Waals surface area contributed by atoms with Crippen LogP contribution in [-0.4, -0.2) is 35.9 Å². The third-order valence-electron chi connectivity index (χ3n) is 4.60. The van der Waals surface area contributed by atoms with Crippen molar-refractivity contribution < 1.29 is 28.5 Å². The smallest absolute Gasteiger partial charge is 0.333 e. The van der Waals surface area contributed by atoms with Crippen molar-refractivity contribution in [3.8, 4) is 23.0 Å². The molecule has 0 spiro atoms. The van der Waals surface area contributed by atoms with Crippen molar-refractivity contribution in [1.82, 2.24) is 4.98 Å². The lowest BCUT2D eigenvalue weighted by Crippen LogP contribution is -2.26. The Morgan fingerprint density at radius 1 is 1.20 bits per heavy atom. The summed E-state index contributed by atoms with van der Waals surface area (Å²) in [6, 6.07) is 15.0. The number of nitrogens with zero attached hydrogens (tertiary/aromatic N) is 1. The summed E-state index contributed by atoms with van der Waals surface area (Å²) in [4.78, 5) is 15.9. The van der Waals surface area contributed by atoms with Gasteiger partial charge in [-0.05, 0) is 37.6 Å². The Bertz CT molecular complexity index is 983. The normalized spacial score (nSPS) is 11.8. The van der Waals surface area contributed by atoms with Crippen LogP contribution in [0.25, 0.3) is 11.5 Å². The zero-order chi connectivity index (χ0) is 21.5. The number of rotatable bonds is 10. The zero-order valence-corrected chi connectivity index (χ0v) is 17.3. The Labute approximate surface area is 175 Å². The Balaban J connectivity index is 1.70. The van der Waals surface area contributed by atoms with E-state index < -0.39 is 12.1 Å². The molecule has 7 nitrogen and oxygen atoms in total. The number of benzene rings is 2. The lowest BCUT2D eigenvalue weighted by atomic mass is 10.1. The van der Waals surface area contributed by atoms with Gasteiger partial charge in [0.25, 0.3) is 0 Å². The maximum Gasteiger partial charge on any atom is 0.333 e. The minimum absolute atomic E-state index is 0.204. The minimum atomic E-state index is -1.00. The molecule has 7 heteroatoms. The Morgan fingerprint density at radius 3 is 2.63 bits per heavy atom. The molecular weight excluding hydrogens is 386 g/mol. The van der Waals surface area contributed by atoms with E-state index >= 15 is 0 Å². The summed E-state index contributed by atoms with van der Waals surface area (Å²) in [7, 11) is 1.53. The second-order valence-electron chi connectivity index (χ2n) is 6.64. The molecule has 1 unspecified atom stereocenters. The van der Waals surface area contributed by atoms with Gasteiger partial charge in [0.05, 0.1) is 7.11 Å². The van der Waals surface area contributed by atoms with Gasteiger partial charge in [0.1, 0.15) is 29.6 Å². The highest BCUT2D eigenvalue weighted by atomic mass is 16.5. The van der Waals surface area contributed by atoms with E-state index in [0.29, 0.717) is 35.5 Å². The van der Waals surface area contributed by atoms with E-state index in [-0.39, 0.29) is 13.0 Å². The fourth-order valence-electron chi connectivity index (χ4n) is 3.02. The number of hydrogen-bond donors (Lipinski definition) is 1. The van der Waals surface area contributed by atoms with Crippen molar-refractivity contribution in [3.63, 3.8) is 0 Å². The number of carboxylic acids is 1. The Morgan fingerprint density at radius 2 is 1.97 bits per heavy atom. The van der Waals surface area contributed by atoms with Gasteiger partial charge in [0.15, 0.2) is 6.10 Å². The minimum Gasteiger partial charge on any atom is -0.496 e. The number of carboxylic acid groups (broad SMARTS) is 1. The molecule has 0 aliphatic carbocycles. The average Bonchev–Trinajstić information content (AvgIpc) is 3.13. The van der Waals surface area contributed by atoms with E-state index in [9.17, 15) is 9.90 Å². The van der Waals surface area contributed by atoms with Crippen molar-refractivity contribution in [2.45, 2.75) is 33.0 Å². The number of methoxy groups -OCH3 is 1. The summed E-state index contributed by atoms with van der Waals surface area (Å²) in [6.45, 7) is 4.17. The van der Waals surface area contributed by atoms with Crippen molar-refractivity contribution in [2.75, 3.05) is 13.7 Å². The first-order chi connectivity index (χ1) is 14.5. The highest BCUT2D eigenvalue weighted by Gasteiger charge is 2.20. The zero-order valence-electron chi connectivity index (χ0n) is 17.3. The van der Waals surface area contributed by atoms with Gasteiger partial charge in [-0.25, -0.2) is 9.78 Å². The van der Waals surface area contributed by atoms with Crippen molar-refractivity contribution in [1.29, 1.82) is 0 Å². The first kappa shape index (κ1) is 21.4. The molecular formula is C23H25NO6. The molecule has 30 heavy (non-hydrogen) atoms. The molecule has 0 saturated heterocycles. The molecule has 3 aromatic rings. The summed E-state index contributed by atoms with van der Waals surface area (Å²) in [5, 5.41) is 9.30. The van der Waals surface area contributed by atoms with E-state index in [0.717, 1.165) is 11.1 Å². The molecule has 0 radical (unpaired) electrons. The van der Waals surface area contributed by atoms with Crippen LogP contribution in [0, 0.1) is 6.92 Å². The van der Waals surface area contributed by atoms with Gasteiger partial charge in [-0.3, -0.25) is 0 Å². The van der Waals surface area contributed by atoms with Crippen LogP contribution in [0.3, 0.4) is 0 Å². The molecule has 158 valence electrons. The molecule has 0 bridgehead atoms. The van der Waals surface area contributed by atoms with E-state index in [1.54, 1.807) is 25.1 Å². The van der Waals surface area contributed by atoms with E-state index in [1.165, 1.54) is 7.11 Å². The van der Waals surface area contributed by atoms with Crippen LogP contribution < -0.4 is 9.47 Å². The molecule has 0 amide bonds. The summed E-state index contributed by atoms with van der Waals surface area (Å²) < 4.78 is 22.3. The third kappa shape index (κ3) is 5.18. The van der Waals surface area contributed by atoms with Crippen LogP contribution in [0.2, 0.25) is 0 Å². The number of oxazole rings is 1. The summed E-state index contributed by atoms with van der Waals surface area (Å²) in [6.07, 6.45) is -0.722. The van der Waals surface area contributed by atoms with Gasteiger partial charge in [0.2, 0.25) is 5.89 Å². The Kier molecular flexibility index (Phi) is 7.08. The molecule has 2 aromatic carbocycles. The van der Waals surface area contributed by atoms with Crippen LogP contribution in [0.5, 0.6) is 11.5 Å². The van der Waals surface area contributed by atoms with Crippen LogP contribution in [0.1, 0.15) is 23.9 Å². The van der Waals surface area contributed by atoms with Gasteiger partial charge in [0, 0.05) is 24.7 Å². The third-order valence-corrected chi connectivity index (χ3v) is 4.60. The fraction of sp³-hybridized carbons (Fsp3) is 0.304. The molecule has 0 aliphatic rings. The maximum atomic E-state index is 11.3. The number of ether oxygens (including phenoxy) is 3. The molecule has 1 aromatic heterocycles. The van der Waals surface area contributed by atoms with E-state index in [2.05, 4.69) is 4.98 Å². The van der Waals surface area contributed by atoms with Gasteiger partial charge in [-0.15, -0.1) is 0 Å². The second kappa shape index (κ2) is 9.93. The standard InChI is InChI=1S/C23H25NO6/c1-4-28-21(23(25)26)12-17-10-11-18(13-20(17)27-3)29-14-19-15(2)30-22(24-19)16-8-6-5-7-9-16/h5-11,13,21H,4,12,14H2,1-3H3,(H,25,26). The molecule has 0 fully saturated rings. The first-order valence-corrected chi connectivity index (χ1v) is 9.67. The van der Waals surface area contributed by atoms with Gasteiger partial charge >= 0.3 is 5.97 Å². The summed E-state index contributed by atoms with van der Waals surface area (Å²) in [5.41, 5.74) is 2.34. The monoisotopic (exact) mass is 411 g/mol. The SMILES string of the molecule is CCOC(Cc1ccc(OCc2nc(-c3ccccc3)oc2C)cc1OC)C(=O)O. The van der Waals surface area contributed by atoms with Gasteiger partial charge in [-0.2, -0.15) is 0 Å². The quantitative estimate of drug-likeness (QED) is 0.533. The van der Waals surface area contributed by atoms with Crippen LogP contribution in [0.15, 0.2) is 52.9 Å². The number of carbonyl (C=O) groups is 1. The number of aryl methyl sites for hydroxylation is 1. The van der Waals surface area contributed by atoms with Crippen molar-refractivity contribution >= 4 is 5.97 Å². The number of aromatic nitrogens is 1. The largest absolute Gasteiger partial charge is 0.496 e. The van der Waals surface area contributed by atoms with Crippen LogP contribution in [-0.2, 0) is 22.6 Å². The lowest BCUT2D eigenvalue weighted by Gasteiger charge is -2.15. The van der Waals surface area contributed by atoms with Gasteiger partial charge in [-0.1, -0.05) is 24.3 Å². The van der Waals surface area contributed by atoms with E-state index in [4.69, 9.17) is 18.6 Å². The first-order valence-electron chi connectivity index (χ1n) is 9.67. The van der Waals surface area contributed by atoms with Crippen LogP contribution in [0.4, 0.5) is 0 Å². The maximum absolute atomic E-state index is 11.3. The number of aliphatic carboxylic acids is 1. The highest BCUT2D eigenvalue weighted by Crippen LogP contribution is 2.28. The predicted molar refractivity (Wildman–Crippen MR) is 111 cm³/mol. The topological polar surface area (TPSA) is 91.0 Å². The predicted octanol–water partition coefficient (Wildman–Crippen LogP) is 4.27. The average molecular weight is 411 g/mol. The van der Waals surface area contributed by atoms with Crippen molar-refractivity contribution in [2.24, 2.45) is 0 Å². The van der Waals surface area contributed by atoms with Crippen LogP contribution >= 0.6 is 0 Å². The molecule has 0 saturated carbocycles. The van der Waals surface area contributed by atoms with Gasteiger partial charge < -0.3 is 23.7 Å². The highest BCUT2D eigenvalue weighted by molar-refractivity contribution is 5.73. The summed E-state index contributed by atoms with van der Waals surface area (Å²) >= 11 is 0. The lowest BCUT2D eigenvalue weighted by molar-refractivity contribution is -0.149. The molecule has 3 rings (SSSR count). The summed E-state index contributed by atoms with van der Waals surface area (Å²) in [5.74, 6) is 1.37. The van der Waals surface area contributed by atoms with E-state index in [1.807, 2.05) is 37.3 Å². The molecule has 1 atom stereocenters. The second-order valence-corrected chi connectivity index (χ2v) is 6.64. The Hall–Kier alpha value is -3.32. The van der Waals surface area contributed by atoms with Crippen molar-refractivity contribution in [3.05, 3.63) is 65.5 Å².